The molecule has 0 aromatic heterocycles. The van der Waals surface area contributed by atoms with Crippen LogP contribution in [0.5, 0.6) is 0 Å². The van der Waals surface area contributed by atoms with Gasteiger partial charge in [0.15, 0.2) is 15.8 Å². The van der Waals surface area contributed by atoms with Crippen molar-refractivity contribution in [1.82, 2.24) is 10.2 Å². The fourth-order valence-corrected chi connectivity index (χ4v) is 4.42. The Morgan fingerprint density at radius 2 is 2.08 bits per heavy atom. The predicted molar refractivity (Wildman–Crippen MR) is 120 cm³/mol. The van der Waals surface area contributed by atoms with E-state index in [4.69, 9.17) is 4.99 Å². The van der Waals surface area contributed by atoms with Gasteiger partial charge in [0.05, 0.1) is 10.5 Å². The van der Waals surface area contributed by atoms with E-state index in [0.717, 1.165) is 12.5 Å². The highest BCUT2D eigenvalue weighted by Crippen LogP contribution is 2.24. The highest BCUT2D eigenvalue weighted by molar-refractivity contribution is 14.0. The van der Waals surface area contributed by atoms with Crippen LogP contribution in [0.2, 0.25) is 0 Å². The minimum absolute atomic E-state index is 0. The van der Waals surface area contributed by atoms with Gasteiger partial charge in [-0.3, -0.25) is 4.99 Å². The first-order valence-electron chi connectivity index (χ1n) is 8.98. The number of guanidine groups is 1. The molecule has 1 unspecified atom stereocenters. The van der Waals surface area contributed by atoms with Crippen molar-refractivity contribution in [3.63, 3.8) is 0 Å². The van der Waals surface area contributed by atoms with Crippen molar-refractivity contribution in [3.8, 4) is 0 Å². The maximum atomic E-state index is 12.2. The summed E-state index contributed by atoms with van der Waals surface area (Å²) in [5, 5.41) is 3.32. The Kier molecular flexibility index (Phi) is 8.38. The first kappa shape index (κ1) is 23.2. The zero-order chi connectivity index (χ0) is 18.7. The average Bonchev–Trinajstić information content (AvgIpc) is 2.54. The van der Waals surface area contributed by atoms with Crippen molar-refractivity contribution in [3.05, 3.63) is 35.4 Å². The number of rotatable bonds is 4. The molecule has 0 radical (unpaired) electrons. The SMILES string of the molecule is CCNC(=NCC(C)c1cccc(C)c1)N1CCS(=O)(=O)C(C)(C)C1.I. The molecule has 5 nitrogen and oxygen atoms in total. The van der Waals surface area contributed by atoms with Crippen LogP contribution in [-0.4, -0.2) is 56.0 Å². The summed E-state index contributed by atoms with van der Waals surface area (Å²) in [5.41, 5.74) is 2.53. The summed E-state index contributed by atoms with van der Waals surface area (Å²) in [6, 6.07) is 8.51. The molecule has 1 aliphatic rings. The third-order valence-electron chi connectivity index (χ3n) is 4.80. The maximum absolute atomic E-state index is 12.2. The molecule has 1 aliphatic heterocycles. The van der Waals surface area contributed by atoms with Gasteiger partial charge in [-0.15, -0.1) is 24.0 Å². The zero-order valence-corrected chi connectivity index (χ0v) is 19.6. The molecule has 1 N–H and O–H groups in total. The standard InChI is InChI=1S/C19H31N3O2S.HI/c1-6-20-18(22-10-11-25(23,24)19(4,5)14-22)21-13-16(3)17-9-7-8-15(2)12-17;/h7-9,12,16H,6,10-11,13-14H2,1-5H3,(H,20,21);1H. The van der Waals surface area contributed by atoms with Gasteiger partial charge >= 0.3 is 0 Å². The van der Waals surface area contributed by atoms with E-state index in [1.165, 1.54) is 11.1 Å². The summed E-state index contributed by atoms with van der Waals surface area (Å²) in [5.74, 6) is 1.30. The Morgan fingerprint density at radius 1 is 1.38 bits per heavy atom. The van der Waals surface area contributed by atoms with Crippen molar-refractivity contribution in [2.24, 2.45) is 4.99 Å². The molecule has 1 aromatic carbocycles. The fraction of sp³-hybridized carbons (Fsp3) is 0.632. The van der Waals surface area contributed by atoms with E-state index in [2.05, 4.69) is 48.3 Å². The Bertz CT molecular complexity index is 732. The summed E-state index contributed by atoms with van der Waals surface area (Å²) >= 11 is 0. The molecule has 26 heavy (non-hydrogen) atoms. The van der Waals surface area contributed by atoms with Crippen molar-refractivity contribution in [2.75, 3.05) is 31.9 Å². The predicted octanol–water partition coefficient (Wildman–Crippen LogP) is 3.19. The van der Waals surface area contributed by atoms with Crippen LogP contribution in [-0.2, 0) is 9.84 Å². The number of hydrogen-bond donors (Lipinski definition) is 1. The average molecular weight is 493 g/mol. The van der Waals surface area contributed by atoms with Gasteiger partial charge in [-0.1, -0.05) is 36.8 Å². The van der Waals surface area contributed by atoms with Gasteiger partial charge in [0.25, 0.3) is 0 Å². The molecule has 2 rings (SSSR count). The molecule has 1 saturated heterocycles. The van der Waals surface area contributed by atoms with E-state index >= 15 is 0 Å². The lowest BCUT2D eigenvalue weighted by Crippen LogP contribution is -2.57. The molecule has 0 aliphatic carbocycles. The third-order valence-corrected chi connectivity index (χ3v) is 7.34. The van der Waals surface area contributed by atoms with E-state index in [1.54, 1.807) is 13.8 Å². The van der Waals surface area contributed by atoms with Gasteiger partial charge in [-0.05, 0) is 33.3 Å². The second kappa shape index (κ2) is 9.39. The zero-order valence-electron chi connectivity index (χ0n) is 16.4. The topological polar surface area (TPSA) is 61.8 Å². The molecular formula is C19H32IN3O2S. The van der Waals surface area contributed by atoms with Crippen molar-refractivity contribution in [1.29, 1.82) is 0 Å². The number of halogens is 1. The first-order chi connectivity index (χ1) is 11.7. The van der Waals surface area contributed by atoms with Gasteiger partial charge < -0.3 is 10.2 Å². The second-order valence-electron chi connectivity index (χ2n) is 7.51. The number of nitrogens with one attached hydrogen (secondary N) is 1. The smallest absolute Gasteiger partial charge is 0.194 e. The third kappa shape index (κ3) is 5.58. The largest absolute Gasteiger partial charge is 0.357 e. The monoisotopic (exact) mass is 493 g/mol. The molecule has 0 saturated carbocycles. The van der Waals surface area contributed by atoms with Gasteiger partial charge in [-0.2, -0.15) is 0 Å². The Hall–Kier alpha value is -0.830. The van der Waals surface area contributed by atoms with Crippen LogP contribution in [0.1, 0.15) is 44.7 Å². The molecule has 0 spiro atoms. The summed E-state index contributed by atoms with van der Waals surface area (Å²) in [6.07, 6.45) is 0. The van der Waals surface area contributed by atoms with Crippen LogP contribution in [0.25, 0.3) is 0 Å². The number of aryl methyl sites for hydroxylation is 1. The highest BCUT2D eigenvalue weighted by atomic mass is 127. The summed E-state index contributed by atoms with van der Waals surface area (Å²) in [6.45, 7) is 12.3. The molecule has 1 aromatic rings. The van der Waals surface area contributed by atoms with Gasteiger partial charge in [0, 0.05) is 32.1 Å². The van der Waals surface area contributed by atoms with Crippen LogP contribution < -0.4 is 5.32 Å². The molecule has 7 heteroatoms. The minimum Gasteiger partial charge on any atom is -0.357 e. The fourth-order valence-electron chi connectivity index (χ4n) is 3.06. The van der Waals surface area contributed by atoms with Crippen molar-refractivity contribution < 1.29 is 8.42 Å². The van der Waals surface area contributed by atoms with E-state index in [9.17, 15) is 8.42 Å². The second-order valence-corrected chi connectivity index (χ2v) is 10.3. The van der Waals surface area contributed by atoms with Gasteiger partial charge in [-0.25, -0.2) is 8.42 Å². The van der Waals surface area contributed by atoms with Crippen molar-refractivity contribution >= 4 is 39.8 Å². The van der Waals surface area contributed by atoms with E-state index < -0.39 is 14.6 Å². The molecular weight excluding hydrogens is 461 g/mol. The molecule has 1 atom stereocenters. The normalized spacial score (nSPS) is 20.2. The summed E-state index contributed by atoms with van der Waals surface area (Å²) < 4.78 is 23.7. The minimum atomic E-state index is -3.05. The Labute approximate surface area is 175 Å². The number of nitrogens with zero attached hydrogens (tertiary/aromatic N) is 2. The highest BCUT2D eigenvalue weighted by Gasteiger charge is 2.40. The van der Waals surface area contributed by atoms with E-state index in [1.807, 2.05) is 6.92 Å². The van der Waals surface area contributed by atoms with Gasteiger partial charge in [0.1, 0.15) is 0 Å². The van der Waals surface area contributed by atoms with Crippen LogP contribution in [0, 0.1) is 6.92 Å². The molecule has 1 heterocycles. The maximum Gasteiger partial charge on any atom is 0.194 e. The number of hydrogen-bond acceptors (Lipinski definition) is 3. The van der Waals surface area contributed by atoms with Gasteiger partial charge in [0.2, 0.25) is 0 Å². The lowest BCUT2D eigenvalue weighted by atomic mass is 10.00. The lowest BCUT2D eigenvalue weighted by molar-refractivity contribution is 0.353. The number of sulfone groups is 1. The van der Waals surface area contributed by atoms with Crippen LogP contribution in [0.15, 0.2) is 29.3 Å². The van der Waals surface area contributed by atoms with E-state index in [0.29, 0.717) is 25.6 Å². The van der Waals surface area contributed by atoms with E-state index in [-0.39, 0.29) is 29.7 Å². The molecule has 0 bridgehead atoms. The molecule has 148 valence electrons. The molecule has 1 fully saturated rings. The quantitative estimate of drug-likeness (QED) is 0.398. The van der Waals surface area contributed by atoms with Crippen LogP contribution in [0.4, 0.5) is 0 Å². The first-order valence-corrected chi connectivity index (χ1v) is 10.6. The number of aliphatic imine (C=N–C) groups is 1. The Balaban J connectivity index is 0.00000338. The summed E-state index contributed by atoms with van der Waals surface area (Å²) in [7, 11) is -3.05. The summed E-state index contributed by atoms with van der Waals surface area (Å²) in [4.78, 5) is 6.87. The lowest BCUT2D eigenvalue weighted by Gasteiger charge is -2.39. The van der Waals surface area contributed by atoms with Crippen molar-refractivity contribution in [2.45, 2.75) is 45.3 Å². The molecule has 0 amide bonds. The van der Waals surface area contributed by atoms with Crippen LogP contribution >= 0.6 is 24.0 Å². The Morgan fingerprint density at radius 3 is 2.65 bits per heavy atom. The van der Waals surface area contributed by atoms with Crippen LogP contribution in [0.3, 0.4) is 0 Å². The number of benzene rings is 1.